The van der Waals surface area contributed by atoms with Crippen LogP contribution in [-0.4, -0.2) is 51.9 Å². The van der Waals surface area contributed by atoms with Crippen molar-refractivity contribution in [2.45, 2.75) is 13.5 Å². The molecule has 0 atom stereocenters. The maximum absolute atomic E-state index is 13.0. The number of thiazole rings is 1. The van der Waals surface area contributed by atoms with Gasteiger partial charge in [-0.2, -0.15) is 0 Å². The van der Waals surface area contributed by atoms with E-state index < -0.39 is 0 Å². The van der Waals surface area contributed by atoms with Gasteiger partial charge in [0.2, 0.25) is 0 Å². The number of hydrogen-bond acceptors (Lipinski definition) is 5. The van der Waals surface area contributed by atoms with Gasteiger partial charge in [-0.3, -0.25) is 14.7 Å². The second-order valence-electron chi connectivity index (χ2n) is 6.73. The molecule has 0 saturated carbocycles. The molecule has 5 nitrogen and oxygen atoms in total. The molecule has 2 aromatic heterocycles. The molecule has 0 aliphatic carbocycles. The smallest absolute Gasteiger partial charge is 0.265 e. The van der Waals surface area contributed by atoms with Crippen LogP contribution in [0.2, 0.25) is 0 Å². The quantitative estimate of drug-likeness (QED) is 0.697. The minimum absolute atomic E-state index is 0.105. The molecule has 1 saturated heterocycles. The fourth-order valence-electron chi connectivity index (χ4n) is 3.30. The van der Waals surface area contributed by atoms with Crippen LogP contribution in [0, 0.1) is 6.92 Å². The maximum atomic E-state index is 13.0. The van der Waals surface area contributed by atoms with Crippen LogP contribution < -0.4 is 0 Å². The lowest BCUT2D eigenvalue weighted by atomic mass is 10.2. The van der Waals surface area contributed by atoms with Crippen molar-refractivity contribution in [1.82, 2.24) is 19.8 Å². The lowest BCUT2D eigenvalue weighted by Gasteiger charge is -2.34. The summed E-state index contributed by atoms with van der Waals surface area (Å²) >= 11 is 1.49. The number of aromatic nitrogens is 2. The van der Waals surface area contributed by atoms with E-state index in [0.717, 1.165) is 53.9 Å². The molecule has 6 heteroatoms. The zero-order chi connectivity index (χ0) is 18.6. The molecule has 4 rings (SSSR count). The van der Waals surface area contributed by atoms with Gasteiger partial charge in [-0.15, -0.1) is 11.3 Å². The first kappa shape index (κ1) is 17.8. The lowest BCUT2D eigenvalue weighted by Crippen LogP contribution is -2.48. The van der Waals surface area contributed by atoms with E-state index in [2.05, 4.69) is 20.9 Å². The Hall–Kier alpha value is -2.57. The number of amides is 1. The summed E-state index contributed by atoms with van der Waals surface area (Å²) in [5, 5.41) is 0.909. The third kappa shape index (κ3) is 4.07. The molecule has 1 fully saturated rings. The average molecular weight is 379 g/mol. The summed E-state index contributed by atoms with van der Waals surface area (Å²) in [5.41, 5.74) is 3.09. The van der Waals surface area contributed by atoms with Gasteiger partial charge in [0.05, 0.1) is 5.69 Å². The standard InChI is InChI=1S/C21H22N4OS/c1-16-19(27-20(23-16)18-7-3-2-4-8-18)21(26)25-12-10-24(11-13-25)15-17-6-5-9-22-14-17/h2-9,14H,10-13,15H2,1H3. The number of nitrogens with zero attached hydrogens (tertiary/aromatic N) is 4. The Morgan fingerprint density at radius 3 is 2.56 bits per heavy atom. The molecule has 3 heterocycles. The summed E-state index contributed by atoms with van der Waals surface area (Å²) in [5.74, 6) is 0.105. The largest absolute Gasteiger partial charge is 0.335 e. The van der Waals surface area contributed by atoms with Gasteiger partial charge in [-0.25, -0.2) is 4.98 Å². The van der Waals surface area contributed by atoms with Gasteiger partial charge in [0.25, 0.3) is 5.91 Å². The molecule has 27 heavy (non-hydrogen) atoms. The predicted octanol–water partition coefficient (Wildman–Crippen LogP) is 3.47. The van der Waals surface area contributed by atoms with E-state index in [1.54, 1.807) is 6.20 Å². The molecule has 0 unspecified atom stereocenters. The number of rotatable bonds is 4. The average Bonchev–Trinajstić information content (AvgIpc) is 3.11. The molecule has 138 valence electrons. The number of benzene rings is 1. The van der Waals surface area contributed by atoms with Gasteiger partial charge in [0, 0.05) is 50.7 Å². The Balaban J connectivity index is 1.40. The van der Waals surface area contributed by atoms with Gasteiger partial charge in [-0.05, 0) is 18.6 Å². The van der Waals surface area contributed by atoms with E-state index in [0.29, 0.717) is 0 Å². The zero-order valence-electron chi connectivity index (χ0n) is 15.3. The zero-order valence-corrected chi connectivity index (χ0v) is 16.2. The van der Waals surface area contributed by atoms with E-state index in [9.17, 15) is 4.79 Å². The molecule has 3 aromatic rings. The van der Waals surface area contributed by atoms with Gasteiger partial charge in [0.1, 0.15) is 9.88 Å². The Kier molecular flexibility index (Phi) is 5.27. The maximum Gasteiger partial charge on any atom is 0.265 e. The van der Waals surface area contributed by atoms with Crippen molar-refractivity contribution in [3.63, 3.8) is 0 Å². The molecule has 1 aliphatic rings. The molecule has 0 bridgehead atoms. The van der Waals surface area contributed by atoms with Gasteiger partial charge < -0.3 is 4.90 Å². The first-order valence-corrected chi connectivity index (χ1v) is 9.96. The Bertz CT molecular complexity index is 902. The highest BCUT2D eigenvalue weighted by atomic mass is 32.1. The van der Waals surface area contributed by atoms with Crippen molar-refractivity contribution >= 4 is 17.2 Å². The summed E-state index contributed by atoms with van der Waals surface area (Å²) < 4.78 is 0. The Morgan fingerprint density at radius 2 is 1.85 bits per heavy atom. The minimum atomic E-state index is 0.105. The van der Waals surface area contributed by atoms with Crippen LogP contribution in [0.1, 0.15) is 20.9 Å². The molecular weight excluding hydrogens is 356 g/mol. The van der Waals surface area contributed by atoms with E-state index in [-0.39, 0.29) is 5.91 Å². The molecule has 0 spiro atoms. The summed E-state index contributed by atoms with van der Waals surface area (Å²) in [7, 11) is 0. The van der Waals surface area contributed by atoms with E-state index in [4.69, 9.17) is 0 Å². The number of pyridine rings is 1. The molecular formula is C21H22N4OS. The summed E-state index contributed by atoms with van der Waals surface area (Å²) in [6.45, 7) is 6.06. The molecule has 1 aliphatic heterocycles. The number of carbonyl (C=O) groups excluding carboxylic acids is 1. The predicted molar refractivity (Wildman–Crippen MR) is 108 cm³/mol. The third-order valence-electron chi connectivity index (χ3n) is 4.80. The van der Waals surface area contributed by atoms with Gasteiger partial charge in [0.15, 0.2) is 0 Å². The molecule has 0 radical (unpaired) electrons. The first-order valence-electron chi connectivity index (χ1n) is 9.14. The van der Waals surface area contributed by atoms with Crippen molar-refractivity contribution in [2.24, 2.45) is 0 Å². The fraction of sp³-hybridized carbons (Fsp3) is 0.286. The topological polar surface area (TPSA) is 49.3 Å². The Morgan fingerprint density at radius 1 is 1.07 bits per heavy atom. The van der Waals surface area contributed by atoms with Crippen LogP contribution in [0.15, 0.2) is 54.9 Å². The van der Waals surface area contributed by atoms with Crippen molar-refractivity contribution in [2.75, 3.05) is 26.2 Å². The van der Waals surface area contributed by atoms with E-state index in [1.165, 1.54) is 16.9 Å². The first-order chi connectivity index (χ1) is 13.2. The summed E-state index contributed by atoms with van der Waals surface area (Å²) in [6, 6.07) is 14.1. The molecule has 1 aromatic carbocycles. The highest BCUT2D eigenvalue weighted by Crippen LogP contribution is 2.29. The van der Waals surface area contributed by atoms with Crippen LogP contribution >= 0.6 is 11.3 Å². The molecule has 0 N–H and O–H groups in total. The SMILES string of the molecule is Cc1nc(-c2ccccc2)sc1C(=O)N1CCN(Cc2cccnc2)CC1. The van der Waals surface area contributed by atoms with E-state index >= 15 is 0 Å². The van der Waals surface area contributed by atoms with Crippen molar-refractivity contribution in [3.05, 3.63) is 71.0 Å². The summed E-state index contributed by atoms with van der Waals surface area (Å²) in [4.78, 5) is 26.9. The lowest BCUT2D eigenvalue weighted by molar-refractivity contribution is 0.0632. The number of piperazine rings is 1. The number of hydrogen-bond donors (Lipinski definition) is 0. The highest BCUT2D eigenvalue weighted by Gasteiger charge is 2.25. The number of carbonyl (C=O) groups is 1. The number of aryl methyl sites for hydroxylation is 1. The second-order valence-corrected chi connectivity index (χ2v) is 7.73. The molecule has 1 amide bonds. The third-order valence-corrected chi connectivity index (χ3v) is 5.99. The van der Waals surface area contributed by atoms with Crippen LogP contribution in [0.4, 0.5) is 0 Å². The van der Waals surface area contributed by atoms with Crippen molar-refractivity contribution in [1.29, 1.82) is 0 Å². The van der Waals surface area contributed by atoms with Crippen molar-refractivity contribution in [3.8, 4) is 10.6 Å². The summed E-state index contributed by atoms with van der Waals surface area (Å²) in [6.07, 6.45) is 3.70. The highest BCUT2D eigenvalue weighted by molar-refractivity contribution is 7.17. The van der Waals surface area contributed by atoms with E-state index in [1.807, 2.05) is 54.4 Å². The van der Waals surface area contributed by atoms with Gasteiger partial charge >= 0.3 is 0 Å². The normalized spacial score (nSPS) is 15.1. The van der Waals surface area contributed by atoms with Crippen LogP contribution in [0.5, 0.6) is 0 Å². The van der Waals surface area contributed by atoms with Crippen LogP contribution in [0.3, 0.4) is 0 Å². The van der Waals surface area contributed by atoms with Crippen LogP contribution in [-0.2, 0) is 6.54 Å². The fourth-order valence-corrected chi connectivity index (χ4v) is 4.34. The Labute approximate surface area is 163 Å². The van der Waals surface area contributed by atoms with Crippen LogP contribution in [0.25, 0.3) is 10.6 Å². The van der Waals surface area contributed by atoms with Gasteiger partial charge in [-0.1, -0.05) is 36.4 Å². The monoisotopic (exact) mass is 378 g/mol. The second kappa shape index (κ2) is 7.98. The minimum Gasteiger partial charge on any atom is -0.335 e. The van der Waals surface area contributed by atoms with Crippen molar-refractivity contribution < 1.29 is 4.79 Å².